The molecule has 88 valence electrons. The van der Waals surface area contributed by atoms with Crippen LogP contribution in [0.15, 0.2) is 30.5 Å². The molecular weight excluding hydrogens is 212 g/mol. The summed E-state index contributed by atoms with van der Waals surface area (Å²) < 4.78 is 1.86. The molecule has 1 aromatic heterocycles. The van der Waals surface area contributed by atoms with E-state index in [1.165, 1.54) is 11.1 Å². The standard InChI is InChI=1S/C14H16N2O/c1-10-4-6-13(7-5-10)9-16-11(2)14(8-15-16)12(3)17/h4-8H,9H2,1-3H3. The Kier molecular flexibility index (Phi) is 3.09. The van der Waals surface area contributed by atoms with Gasteiger partial charge in [-0.25, -0.2) is 0 Å². The number of benzene rings is 1. The lowest BCUT2D eigenvalue weighted by Gasteiger charge is -2.05. The number of Topliss-reactive ketones (excluding diaryl/α,β-unsaturated/α-hetero) is 1. The van der Waals surface area contributed by atoms with Crippen LogP contribution in [0, 0.1) is 13.8 Å². The monoisotopic (exact) mass is 228 g/mol. The molecule has 3 nitrogen and oxygen atoms in total. The van der Waals surface area contributed by atoms with Gasteiger partial charge in [0.2, 0.25) is 0 Å². The molecule has 1 heterocycles. The number of aryl methyl sites for hydroxylation is 1. The molecule has 0 unspecified atom stereocenters. The van der Waals surface area contributed by atoms with Crippen molar-refractivity contribution in [3.8, 4) is 0 Å². The fourth-order valence-electron chi connectivity index (χ4n) is 1.82. The van der Waals surface area contributed by atoms with Gasteiger partial charge in [-0.2, -0.15) is 5.10 Å². The number of carbonyl (C=O) groups excluding carboxylic acids is 1. The van der Waals surface area contributed by atoms with Crippen molar-refractivity contribution < 1.29 is 4.79 Å². The van der Waals surface area contributed by atoms with Gasteiger partial charge >= 0.3 is 0 Å². The van der Waals surface area contributed by atoms with Gasteiger partial charge in [-0.1, -0.05) is 29.8 Å². The Morgan fingerprint density at radius 1 is 1.24 bits per heavy atom. The Morgan fingerprint density at radius 2 is 1.88 bits per heavy atom. The SMILES string of the molecule is CC(=O)c1cnn(Cc2ccc(C)cc2)c1C. The van der Waals surface area contributed by atoms with Crippen LogP contribution in [-0.2, 0) is 6.54 Å². The van der Waals surface area contributed by atoms with Crippen LogP contribution in [0.4, 0.5) is 0 Å². The fraction of sp³-hybridized carbons (Fsp3) is 0.286. The molecule has 0 atom stereocenters. The second kappa shape index (κ2) is 4.53. The third-order valence-corrected chi connectivity index (χ3v) is 2.94. The summed E-state index contributed by atoms with van der Waals surface area (Å²) in [5.74, 6) is 0.0673. The first-order chi connectivity index (χ1) is 8.08. The van der Waals surface area contributed by atoms with Crippen LogP contribution in [0.25, 0.3) is 0 Å². The summed E-state index contributed by atoms with van der Waals surface area (Å²) >= 11 is 0. The lowest BCUT2D eigenvalue weighted by molar-refractivity contribution is 0.101. The van der Waals surface area contributed by atoms with Crippen molar-refractivity contribution in [2.45, 2.75) is 27.3 Å². The summed E-state index contributed by atoms with van der Waals surface area (Å²) in [6, 6.07) is 8.34. The highest BCUT2D eigenvalue weighted by Crippen LogP contribution is 2.11. The van der Waals surface area contributed by atoms with Gasteiger partial charge in [-0.15, -0.1) is 0 Å². The van der Waals surface area contributed by atoms with Gasteiger partial charge in [0.1, 0.15) is 0 Å². The first-order valence-corrected chi connectivity index (χ1v) is 5.67. The summed E-state index contributed by atoms with van der Waals surface area (Å²) in [7, 11) is 0. The summed E-state index contributed by atoms with van der Waals surface area (Å²) in [6.45, 7) is 6.27. The van der Waals surface area contributed by atoms with E-state index in [4.69, 9.17) is 0 Å². The predicted molar refractivity (Wildman–Crippen MR) is 67.2 cm³/mol. The van der Waals surface area contributed by atoms with Crippen LogP contribution >= 0.6 is 0 Å². The predicted octanol–water partition coefficient (Wildman–Crippen LogP) is 2.75. The number of hydrogen-bond donors (Lipinski definition) is 0. The first-order valence-electron chi connectivity index (χ1n) is 5.67. The number of carbonyl (C=O) groups is 1. The molecule has 0 N–H and O–H groups in total. The average molecular weight is 228 g/mol. The van der Waals surface area contributed by atoms with Crippen LogP contribution < -0.4 is 0 Å². The van der Waals surface area contributed by atoms with Crippen LogP contribution in [0.5, 0.6) is 0 Å². The topological polar surface area (TPSA) is 34.9 Å². The zero-order valence-corrected chi connectivity index (χ0v) is 10.4. The first kappa shape index (κ1) is 11.6. The summed E-state index contributed by atoms with van der Waals surface area (Å²) in [5.41, 5.74) is 4.07. The van der Waals surface area contributed by atoms with E-state index in [1.54, 1.807) is 13.1 Å². The average Bonchev–Trinajstić information content (AvgIpc) is 2.64. The quantitative estimate of drug-likeness (QED) is 0.757. The minimum Gasteiger partial charge on any atom is -0.294 e. The maximum absolute atomic E-state index is 11.3. The third kappa shape index (κ3) is 2.44. The molecule has 1 aromatic carbocycles. The van der Waals surface area contributed by atoms with Crippen LogP contribution in [0.2, 0.25) is 0 Å². The van der Waals surface area contributed by atoms with Crippen LogP contribution in [0.1, 0.15) is 34.1 Å². The van der Waals surface area contributed by atoms with E-state index in [0.717, 1.165) is 5.69 Å². The Balaban J connectivity index is 2.24. The summed E-state index contributed by atoms with van der Waals surface area (Å²) in [5, 5.41) is 4.25. The molecule has 17 heavy (non-hydrogen) atoms. The molecule has 3 heteroatoms. The van der Waals surface area contributed by atoms with Gasteiger partial charge in [-0.3, -0.25) is 9.48 Å². The van der Waals surface area contributed by atoms with E-state index >= 15 is 0 Å². The zero-order valence-electron chi connectivity index (χ0n) is 10.4. The zero-order chi connectivity index (χ0) is 12.4. The molecule has 2 rings (SSSR count). The molecule has 0 spiro atoms. The fourth-order valence-corrected chi connectivity index (χ4v) is 1.82. The number of aromatic nitrogens is 2. The molecule has 0 fully saturated rings. The Bertz CT molecular complexity index is 538. The highest BCUT2D eigenvalue weighted by molar-refractivity contribution is 5.94. The minimum absolute atomic E-state index is 0.0673. The summed E-state index contributed by atoms with van der Waals surface area (Å²) in [6.07, 6.45) is 1.64. The Labute approximate surface area is 101 Å². The Hall–Kier alpha value is -1.90. The van der Waals surface area contributed by atoms with Crippen molar-refractivity contribution >= 4 is 5.78 Å². The molecule has 0 radical (unpaired) electrons. The highest BCUT2D eigenvalue weighted by Gasteiger charge is 2.10. The van der Waals surface area contributed by atoms with Crippen LogP contribution in [0.3, 0.4) is 0 Å². The third-order valence-electron chi connectivity index (χ3n) is 2.94. The molecule has 0 bridgehead atoms. The maximum Gasteiger partial charge on any atom is 0.163 e. The van der Waals surface area contributed by atoms with Gasteiger partial charge in [0, 0.05) is 5.69 Å². The number of hydrogen-bond acceptors (Lipinski definition) is 2. The van der Waals surface area contributed by atoms with E-state index in [0.29, 0.717) is 12.1 Å². The second-order valence-corrected chi connectivity index (χ2v) is 4.34. The molecule has 0 aliphatic rings. The summed E-state index contributed by atoms with van der Waals surface area (Å²) in [4.78, 5) is 11.3. The lowest BCUT2D eigenvalue weighted by Crippen LogP contribution is -2.05. The van der Waals surface area contributed by atoms with Crippen molar-refractivity contribution in [3.63, 3.8) is 0 Å². The minimum atomic E-state index is 0.0673. The van der Waals surface area contributed by atoms with Gasteiger partial charge < -0.3 is 0 Å². The lowest BCUT2D eigenvalue weighted by atomic mass is 10.1. The molecule has 0 aliphatic carbocycles. The largest absolute Gasteiger partial charge is 0.294 e. The van der Waals surface area contributed by atoms with E-state index in [-0.39, 0.29) is 5.78 Å². The molecule has 0 aliphatic heterocycles. The van der Waals surface area contributed by atoms with Crippen molar-refractivity contribution in [2.24, 2.45) is 0 Å². The van der Waals surface area contributed by atoms with E-state index in [9.17, 15) is 4.79 Å². The molecule has 0 saturated heterocycles. The normalized spacial score (nSPS) is 10.5. The van der Waals surface area contributed by atoms with E-state index < -0.39 is 0 Å². The van der Waals surface area contributed by atoms with Crippen molar-refractivity contribution in [1.82, 2.24) is 9.78 Å². The number of ketones is 1. The second-order valence-electron chi connectivity index (χ2n) is 4.34. The van der Waals surface area contributed by atoms with E-state index in [1.807, 2.05) is 11.6 Å². The number of rotatable bonds is 3. The molecular formula is C14H16N2O. The van der Waals surface area contributed by atoms with Crippen molar-refractivity contribution in [2.75, 3.05) is 0 Å². The Morgan fingerprint density at radius 3 is 2.41 bits per heavy atom. The van der Waals surface area contributed by atoms with Crippen molar-refractivity contribution in [3.05, 3.63) is 52.8 Å². The molecule has 2 aromatic rings. The van der Waals surface area contributed by atoms with Gasteiger partial charge in [0.05, 0.1) is 18.3 Å². The molecule has 0 amide bonds. The van der Waals surface area contributed by atoms with Crippen molar-refractivity contribution in [1.29, 1.82) is 0 Å². The smallest absolute Gasteiger partial charge is 0.163 e. The maximum atomic E-state index is 11.3. The van der Waals surface area contributed by atoms with Gasteiger partial charge in [0.15, 0.2) is 5.78 Å². The molecule has 0 saturated carbocycles. The van der Waals surface area contributed by atoms with Gasteiger partial charge in [-0.05, 0) is 26.3 Å². The van der Waals surface area contributed by atoms with E-state index in [2.05, 4.69) is 36.3 Å². The number of nitrogens with zero attached hydrogens (tertiary/aromatic N) is 2. The highest BCUT2D eigenvalue weighted by atomic mass is 16.1. The van der Waals surface area contributed by atoms with Gasteiger partial charge in [0.25, 0.3) is 0 Å². The van der Waals surface area contributed by atoms with Crippen LogP contribution in [-0.4, -0.2) is 15.6 Å².